The third-order valence-electron chi connectivity index (χ3n) is 13.0. The summed E-state index contributed by atoms with van der Waals surface area (Å²) >= 11 is 0. The maximum absolute atomic E-state index is 16.1. The molecule has 20 heteroatoms. The van der Waals surface area contributed by atoms with E-state index in [1.807, 2.05) is 6.92 Å². The fourth-order valence-corrected chi connectivity index (χ4v) is 9.58. The molecule has 1 aliphatic heterocycles. The number of alkyl halides is 3. The number of pyridine rings is 2. The minimum atomic E-state index is -4.67. The van der Waals surface area contributed by atoms with Crippen LogP contribution in [0.3, 0.4) is 0 Å². The van der Waals surface area contributed by atoms with Crippen LogP contribution in [-0.2, 0) is 25.1 Å². The number of nitrogens with zero attached hydrogens (tertiary/aromatic N) is 10. The number of H-pyrrole nitrogens is 1. The molecule has 1 N–H and O–H groups in total. The highest BCUT2D eigenvalue weighted by Gasteiger charge is 2.53. The molecule has 0 bridgehead atoms. The second kappa shape index (κ2) is 14.3. The lowest BCUT2D eigenvalue weighted by atomic mass is 9.90. The number of aryl methyl sites for hydroxylation is 3. The fourth-order valence-electron chi connectivity index (χ4n) is 9.58. The van der Waals surface area contributed by atoms with E-state index in [0.717, 1.165) is 12.3 Å². The number of benzene rings is 2. The lowest BCUT2D eigenvalue weighted by molar-refractivity contribution is -0.141. The summed E-state index contributed by atoms with van der Waals surface area (Å²) in [4.78, 5) is 50.1. The van der Waals surface area contributed by atoms with Crippen LogP contribution < -0.4 is 11.4 Å². The molecule has 1 atom stereocenters. The number of fused-ring (bicyclic) bond motifs is 3. The van der Waals surface area contributed by atoms with Crippen LogP contribution in [0.4, 0.5) is 22.0 Å². The smallest absolute Gasteiger partial charge is 0.331 e. The highest BCUT2D eigenvalue weighted by molar-refractivity contribution is 6.00. The van der Waals surface area contributed by atoms with E-state index >= 15 is 13.6 Å². The summed E-state index contributed by atoms with van der Waals surface area (Å²) in [6.45, 7) is 5.23. The van der Waals surface area contributed by atoms with Gasteiger partial charge in [0, 0.05) is 62.1 Å². The topological polar surface area (TPSA) is 159 Å². The molecule has 1 fully saturated rings. The maximum Gasteiger partial charge on any atom is 0.438 e. The monoisotopic (exact) mass is 901 g/mol. The molecule has 334 valence electrons. The number of rotatable bonds is 7. The number of nitrogens with one attached hydrogen (secondary N) is 1. The van der Waals surface area contributed by atoms with Crippen LogP contribution in [0.1, 0.15) is 75.6 Å². The molecule has 9 aromatic rings. The van der Waals surface area contributed by atoms with E-state index in [9.17, 15) is 22.8 Å². The molecule has 0 spiro atoms. The Morgan fingerprint density at radius 3 is 2.38 bits per heavy atom. The van der Waals surface area contributed by atoms with Gasteiger partial charge in [-0.3, -0.25) is 33.1 Å². The maximum atomic E-state index is 16.1. The van der Waals surface area contributed by atoms with Crippen molar-refractivity contribution in [1.29, 1.82) is 0 Å². The molecule has 1 aliphatic carbocycles. The van der Waals surface area contributed by atoms with Gasteiger partial charge >= 0.3 is 17.6 Å². The molecule has 11 rings (SSSR count). The van der Waals surface area contributed by atoms with Crippen molar-refractivity contribution < 1.29 is 31.3 Å². The number of amides is 1. The van der Waals surface area contributed by atoms with Gasteiger partial charge in [0.25, 0.3) is 5.91 Å². The second-order valence-corrected chi connectivity index (χ2v) is 16.9. The summed E-state index contributed by atoms with van der Waals surface area (Å²) < 4.78 is 84.4. The molecule has 1 saturated carbocycles. The van der Waals surface area contributed by atoms with Gasteiger partial charge < -0.3 is 9.30 Å². The second-order valence-electron chi connectivity index (χ2n) is 16.9. The number of carbonyl (C=O) groups is 1. The van der Waals surface area contributed by atoms with Crippen molar-refractivity contribution in [3.63, 3.8) is 0 Å². The van der Waals surface area contributed by atoms with Crippen molar-refractivity contribution in [2.75, 3.05) is 6.54 Å². The molecule has 2 aliphatic rings. The van der Waals surface area contributed by atoms with Gasteiger partial charge in [0.05, 0.1) is 56.7 Å². The van der Waals surface area contributed by atoms with E-state index < -0.39 is 52.3 Å². The Hall–Kier alpha value is -7.90. The van der Waals surface area contributed by atoms with Crippen molar-refractivity contribution in [1.82, 2.24) is 53.1 Å². The van der Waals surface area contributed by atoms with Gasteiger partial charge in [-0.15, -0.1) is 0 Å². The summed E-state index contributed by atoms with van der Waals surface area (Å²) in [5, 5.41) is 13.4. The third kappa shape index (κ3) is 6.10. The summed E-state index contributed by atoms with van der Waals surface area (Å²) in [5.74, 6) is -1.75. The van der Waals surface area contributed by atoms with Gasteiger partial charge in [0.15, 0.2) is 11.6 Å². The van der Waals surface area contributed by atoms with Crippen LogP contribution >= 0.6 is 0 Å². The normalized spacial score (nSPS) is 15.8. The Morgan fingerprint density at radius 1 is 0.924 bits per heavy atom. The van der Waals surface area contributed by atoms with Crippen LogP contribution in [0.2, 0.25) is 0 Å². The summed E-state index contributed by atoms with van der Waals surface area (Å²) in [7, 11) is 1.68. The molecular formula is C46H36F5N11O4. The number of carbonyl (C=O) groups excluding carboxylic acids is 1. The number of halogens is 5. The Kier molecular flexibility index (Phi) is 8.85. The van der Waals surface area contributed by atoms with E-state index in [0.29, 0.717) is 63.1 Å². The third-order valence-corrected chi connectivity index (χ3v) is 13.0. The highest BCUT2D eigenvalue weighted by Crippen LogP contribution is 2.55. The van der Waals surface area contributed by atoms with Crippen LogP contribution in [0.25, 0.3) is 44.7 Å². The summed E-state index contributed by atoms with van der Waals surface area (Å²) in [6, 6.07) is 11.4. The number of aromatic amines is 1. The highest BCUT2D eigenvalue weighted by atomic mass is 19.4. The first kappa shape index (κ1) is 40.8. The first-order valence-electron chi connectivity index (χ1n) is 20.9. The zero-order chi connectivity index (χ0) is 46.1. The number of imidazole rings is 1. The zero-order valence-corrected chi connectivity index (χ0v) is 35.5. The summed E-state index contributed by atoms with van der Waals surface area (Å²) in [5.41, 5.74) is 2.14. The first-order valence-corrected chi connectivity index (χ1v) is 20.9. The van der Waals surface area contributed by atoms with Crippen molar-refractivity contribution in [3.8, 4) is 28.3 Å². The molecular weight excluding hydrogens is 866 g/mol. The summed E-state index contributed by atoms with van der Waals surface area (Å²) in [6.07, 6.45) is 5.22. The standard InChI is InChI=1S/C46H36F5N11O4/c1-23-17-28(18-24(2)38(23)47)62-40(61-16-15-60(44(61)65)34-8-7-32-29(39(34)48)20-53-57(32)4)36-25(3)59(14-10-31(36)55-62)41(63)30-22-58-21-27(26-9-13-52-35(19-26)46(49,50)51)5-6-33(58)37(30)45(11-12-45)42-54-43(64)66-56-42/h5-9,13,15-22,25H,10-12,14H2,1-4H3,(H,54,56,64)/t25-/m0/s1. The van der Waals surface area contributed by atoms with Gasteiger partial charge in [0.1, 0.15) is 17.3 Å². The molecule has 15 nitrogen and oxygen atoms in total. The van der Waals surface area contributed by atoms with Crippen LogP contribution in [0, 0.1) is 25.5 Å². The van der Waals surface area contributed by atoms with E-state index in [-0.39, 0.29) is 46.8 Å². The number of hydrogen-bond acceptors (Lipinski definition) is 8. The van der Waals surface area contributed by atoms with Crippen LogP contribution in [-0.4, -0.2) is 65.6 Å². The Labute approximate surface area is 368 Å². The van der Waals surface area contributed by atoms with Gasteiger partial charge in [-0.2, -0.15) is 23.4 Å². The minimum absolute atomic E-state index is 0.0128. The fraction of sp³-hybridized carbons (Fsp3) is 0.239. The molecule has 8 heterocycles. The van der Waals surface area contributed by atoms with Crippen LogP contribution in [0.15, 0.2) is 99.8 Å². The van der Waals surface area contributed by atoms with Gasteiger partial charge in [-0.25, -0.2) is 23.1 Å². The van der Waals surface area contributed by atoms with E-state index in [4.69, 9.17) is 9.62 Å². The van der Waals surface area contributed by atoms with Gasteiger partial charge in [0.2, 0.25) is 0 Å². The molecule has 0 unspecified atom stereocenters. The first-order chi connectivity index (χ1) is 31.5. The van der Waals surface area contributed by atoms with Gasteiger partial charge in [-0.05, 0) is 98.3 Å². The van der Waals surface area contributed by atoms with Crippen molar-refractivity contribution in [2.45, 2.75) is 57.7 Å². The molecule has 7 aromatic heterocycles. The largest absolute Gasteiger partial charge is 0.438 e. The average Bonchev–Trinajstić information content (AvgIpc) is 3.75. The molecule has 2 aromatic carbocycles. The quantitative estimate of drug-likeness (QED) is 0.162. The molecule has 66 heavy (non-hydrogen) atoms. The van der Waals surface area contributed by atoms with Gasteiger partial charge in [-0.1, -0.05) is 11.2 Å². The SMILES string of the molecule is Cc1cc(-n2nc3c(c2-n2ccn(-c4ccc5c(cnn5C)c4F)c2=O)[C@H](C)N(C(=O)c2cn4cc(-c5ccnc(C(F)(F)F)c5)ccc4c2C2(c4noc(=O)[nH]4)CC2)CC3)cc(C)c1F. The van der Waals surface area contributed by atoms with Crippen LogP contribution in [0.5, 0.6) is 0 Å². The molecule has 0 radical (unpaired) electrons. The average molecular weight is 902 g/mol. The Bertz CT molecular complexity index is 3600. The predicted molar refractivity (Wildman–Crippen MR) is 228 cm³/mol. The lowest BCUT2D eigenvalue weighted by Crippen LogP contribution is -2.40. The number of aromatic nitrogens is 10. The zero-order valence-electron chi connectivity index (χ0n) is 35.5. The van der Waals surface area contributed by atoms with E-state index in [1.54, 1.807) is 77.6 Å². The Balaban J connectivity index is 1.06. The number of hydrogen-bond donors (Lipinski definition) is 1. The lowest BCUT2D eigenvalue weighted by Gasteiger charge is -2.34. The predicted octanol–water partition coefficient (Wildman–Crippen LogP) is 7.44. The Morgan fingerprint density at radius 2 is 1.67 bits per heavy atom. The van der Waals surface area contributed by atoms with E-state index in [1.165, 1.54) is 44.5 Å². The van der Waals surface area contributed by atoms with E-state index in [2.05, 4.69) is 20.2 Å². The molecule has 0 saturated heterocycles. The minimum Gasteiger partial charge on any atom is -0.331 e. The van der Waals surface area contributed by atoms with Crippen molar-refractivity contribution in [3.05, 3.63) is 163 Å². The molecule has 1 amide bonds. The van der Waals surface area contributed by atoms with Crippen molar-refractivity contribution >= 4 is 22.3 Å². The van der Waals surface area contributed by atoms with Crippen molar-refractivity contribution in [2.24, 2.45) is 7.05 Å².